The SMILES string of the molecule is CCN(CC)C(=O)CNC(C)c1cccc(O)c1. The molecule has 2 N–H and O–H groups in total. The van der Waals surface area contributed by atoms with Crippen LogP contribution >= 0.6 is 0 Å². The largest absolute Gasteiger partial charge is 0.508 e. The first-order valence-corrected chi connectivity index (χ1v) is 6.38. The molecule has 0 aliphatic carbocycles. The van der Waals surface area contributed by atoms with Crippen molar-refractivity contribution < 1.29 is 9.90 Å². The van der Waals surface area contributed by atoms with Crippen molar-refractivity contribution in [1.29, 1.82) is 0 Å². The molecule has 0 saturated heterocycles. The standard InChI is InChI=1S/C14H22N2O2/c1-4-16(5-2)14(18)10-15-11(3)12-7-6-8-13(17)9-12/h6-9,11,15,17H,4-5,10H2,1-3H3. The topological polar surface area (TPSA) is 52.6 Å². The fourth-order valence-electron chi connectivity index (χ4n) is 1.84. The molecule has 0 aromatic heterocycles. The maximum Gasteiger partial charge on any atom is 0.236 e. The molecule has 1 amide bonds. The van der Waals surface area contributed by atoms with Gasteiger partial charge in [-0.2, -0.15) is 0 Å². The van der Waals surface area contributed by atoms with Crippen LogP contribution in [0, 0.1) is 0 Å². The van der Waals surface area contributed by atoms with Gasteiger partial charge in [0, 0.05) is 19.1 Å². The number of rotatable bonds is 6. The first-order chi connectivity index (χ1) is 8.58. The predicted octanol–water partition coefficient (Wildman–Crippen LogP) is 1.91. The van der Waals surface area contributed by atoms with Gasteiger partial charge in [0.15, 0.2) is 0 Å². The first-order valence-electron chi connectivity index (χ1n) is 6.38. The van der Waals surface area contributed by atoms with Crippen LogP contribution in [0.15, 0.2) is 24.3 Å². The molecule has 18 heavy (non-hydrogen) atoms. The van der Waals surface area contributed by atoms with E-state index in [1.807, 2.05) is 26.8 Å². The van der Waals surface area contributed by atoms with Gasteiger partial charge in [0.1, 0.15) is 5.75 Å². The average Bonchev–Trinajstić information content (AvgIpc) is 2.37. The second kappa shape index (κ2) is 7.01. The highest BCUT2D eigenvalue weighted by Crippen LogP contribution is 2.17. The van der Waals surface area contributed by atoms with Crippen molar-refractivity contribution in [3.63, 3.8) is 0 Å². The Hall–Kier alpha value is -1.55. The lowest BCUT2D eigenvalue weighted by molar-refractivity contribution is -0.129. The molecular weight excluding hydrogens is 228 g/mol. The lowest BCUT2D eigenvalue weighted by atomic mass is 10.1. The van der Waals surface area contributed by atoms with E-state index in [0.29, 0.717) is 6.54 Å². The van der Waals surface area contributed by atoms with E-state index in [0.717, 1.165) is 18.7 Å². The van der Waals surface area contributed by atoms with Crippen molar-refractivity contribution >= 4 is 5.91 Å². The molecule has 1 atom stereocenters. The summed E-state index contributed by atoms with van der Waals surface area (Å²) in [6.07, 6.45) is 0. The number of phenols is 1. The van der Waals surface area contributed by atoms with Crippen LogP contribution in [0.3, 0.4) is 0 Å². The molecule has 0 saturated carbocycles. The van der Waals surface area contributed by atoms with Crippen LogP contribution in [0.4, 0.5) is 0 Å². The third-order valence-corrected chi connectivity index (χ3v) is 3.05. The zero-order valence-corrected chi connectivity index (χ0v) is 11.3. The summed E-state index contributed by atoms with van der Waals surface area (Å²) >= 11 is 0. The molecule has 0 spiro atoms. The van der Waals surface area contributed by atoms with Crippen molar-refractivity contribution in [3.05, 3.63) is 29.8 Å². The Kier molecular flexibility index (Phi) is 5.65. The summed E-state index contributed by atoms with van der Waals surface area (Å²) in [5, 5.41) is 12.6. The second-order valence-corrected chi connectivity index (χ2v) is 4.26. The Morgan fingerprint density at radius 2 is 2.06 bits per heavy atom. The van der Waals surface area contributed by atoms with Crippen LogP contribution in [0.2, 0.25) is 0 Å². The van der Waals surface area contributed by atoms with Crippen LogP contribution < -0.4 is 5.32 Å². The lowest BCUT2D eigenvalue weighted by Gasteiger charge is -2.21. The summed E-state index contributed by atoms with van der Waals surface area (Å²) in [7, 11) is 0. The molecule has 1 aromatic rings. The van der Waals surface area contributed by atoms with E-state index in [9.17, 15) is 9.90 Å². The normalized spacial score (nSPS) is 12.2. The number of nitrogens with one attached hydrogen (secondary N) is 1. The molecule has 0 bridgehead atoms. The maximum atomic E-state index is 11.8. The number of phenolic OH excluding ortho intramolecular Hbond substituents is 1. The number of benzene rings is 1. The van der Waals surface area contributed by atoms with Crippen molar-refractivity contribution in [2.75, 3.05) is 19.6 Å². The van der Waals surface area contributed by atoms with Gasteiger partial charge < -0.3 is 15.3 Å². The van der Waals surface area contributed by atoms with Crippen LogP contribution in [-0.4, -0.2) is 35.5 Å². The lowest BCUT2D eigenvalue weighted by Crippen LogP contribution is -2.38. The van der Waals surface area contributed by atoms with Gasteiger partial charge >= 0.3 is 0 Å². The molecule has 0 aliphatic rings. The van der Waals surface area contributed by atoms with Crippen molar-refractivity contribution in [1.82, 2.24) is 10.2 Å². The first kappa shape index (κ1) is 14.5. The fraction of sp³-hybridized carbons (Fsp3) is 0.500. The fourth-order valence-corrected chi connectivity index (χ4v) is 1.84. The molecule has 0 heterocycles. The van der Waals surface area contributed by atoms with Gasteiger partial charge in [-0.15, -0.1) is 0 Å². The number of aromatic hydroxyl groups is 1. The van der Waals surface area contributed by atoms with Crippen LogP contribution in [0.5, 0.6) is 5.75 Å². The van der Waals surface area contributed by atoms with E-state index in [1.54, 1.807) is 23.1 Å². The van der Waals surface area contributed by atoms with Gasteiger partial charge in [-0.05, 0) is 38.5 Å². The summed E-state index contributed by atoms with van der Waals surface area (Å²) in [6, 6.07) is 7.11. The number of likely N-dealkylation sites (N-methyl/N-ethyl adjacent to an activating group) is 1. The van der Waals surface area contributed by atoms with Gasteiger partial charge in [-0.3, -0.25) is 4.79 Å². The molecule has 4 nitrogen and oxygen atoms in total. The number of carbonyl (C=O) groups excluding carboxylic acids is 1. The number of amides is 1. The molecule has 0 aliphatic heterocycles. The average molecular weight is 250 g/mol. The highest BCUT2D eigenvalue weighted by Gasteiger charge is 2.11. The summed E-state index contributed by atoms with van der Waals surface area (Å²) < 4.78 is 0. The van der Waals surface area contributed by atoms with Crippen molar-refractivity contribution in [2.45, 2.75) is 26.8 Å². The molecule has 0 radical (unpaired) electrons. The minimum absolute atomic E-state index is 0.0385. The van der Waals surface area contributed by atoms with Crippen LogP contribution in [0.25, 0.3) is 0 Å². The molecule has 0 fully saturated rings. The van der Waals surface area contributed by atoms with E-state index >= 15 is 0 Å². The van der Waals surface area contributed by atoms with E-state index < -0.39 is 0 Å². The van der Waals surface area contributed by atoms with Crippen molar-refractivity contribution in [2.24, 2.45) is 0 Å². The van der Waals surface area contributed by atoms with Gasteiger partial charge in [0.2, 0.25) is 5.91 Å². The predicted molar refractivity (Wildman–Crippen MR) is 72.5 cm³/mol. The van der Waals surface area contributed by atoms with Crippen LogP contribution in [-0.2, 0) is 4.79 Å². The number of nitrogens with zero attached hydrogens (tertiary/aromatic N) is 1. The molecule has 1 rings (SSSR count). The van der Waals surface area contributed by atoms with E-state index in [-0.39, 0.29) is 17.7 Å². The van der Waals surface area contributed by atoms with Crippen molar-refractivity contribution in [3.8, 4) is 5.75 Å². The third kappa shape index (κ3) is 4.04. The highest BCUT2D eigenvalue weighted by atomic mass is 16.3. The molecule has 1 aromatic carbocycles. The summed E-state index contributed by atoms with van der Waals surface area (Å²) in [5.74, 6) is 0.350. The van der Waals surface area contributed by atoms with E-state index in [2.05, 4.69) is 5.32 Å². The number of carbonyl (C=O) groups is 1. The monoisotopic (exact) mass is 250 g/mol. The minimum Gasteiger partial charge on any atom is -0.508 e. The Labute approximate surface area is 109 Å². The molecular formula is C14H22N2O2. The number of hydrogen-bond acceptors (Lipinski definition) is 3. The summed E-state index contributed by atoms with van der Waals surface area (Å²) in [5.41, 5.74) is 0.974. The Balaban J connectivity index is 2.51. The smallest absolute Gasteiger partial charge is 0.236 e. The maximum absolute atomic E-state index is 11.8. The Morgan fingerprint density at radius 3 is 2.61 bits per heavy atom. The Morgan fingerprint density at radius 1 is 1.39 bits per heavy atom. The summed E-state index contributed by atoms with van der Waals surface area (Å²) in [6.45, 7) is 7.71. The zero-order chi connectivity index (χ0) is 13.5. The van der Waals surface area contributed by atoms with Gasteiger partial charge in [-0.25, -0.2) is 0 Å². The van der Waals surface area contributed by atoms with Gasteiger partial charge in [0.25, 0.3) is 0 Å². The van der Waals surface area contributed by atoms with Gasteiger partial charge in [-0.1, -0.05) is 12.1 Å². The van der Waals surface area contributed by atoms with E-state index in [4.69, 9.17) is 0 Å². The highest BCUT2D eigenvalue weighted by molar-refractivity contribution is 5.78. The number of hydrogen-bond donors (Lipinski definition) is 2. The third-order valence-electron chi connectivity index (χ3n) is 3.05. The molecule has 100 valence electrons. The quantitative estimate of drug-likeness (QED) is 0.811. The van der Waals surface area contributed by atoms with E-state index in [1.165, 1.54) is 0 Å². The molecule has 4 heteroatoms. The van der Waals surface area contributed by atoms with Gasteiger partial charge in [0.05, 0.1) is 6.54 Å². The minimum atomic E-state index is 0.0385. The zero-order valence-electron chi connectivity index (χ0n) is 11.3. The summed E-state index contributed by atoms with van der Waals surface area (Å²) in [4.78, 5) is 13.6. The second-order valence-electron chi connectivity index (χ2n) is 4.26. The Bertz CT molecular complexity index is 389. The van der Waals surface area contributed by atoms with Crippen LogP contribution in [0.1, 0.15) is 32.4 Å². The molecule has 1 unspecified atom stereocenters.